The van der Waals surface area contributed by atoms with E-state index in [1.165, 1.54) is 12.1 Å². The van der Waals surface area contributed by atoms with E-state index in [2.05, 4.69) is 24.7 Å². The maximum absolute atomic E-state index is 13.0. The normalized spacial score (nSPS) is 19.4. The van der Waals surface area contributed by atoms with Crippen LogP contribution >= 0.6 is 0 Å². The molecule has 0 radical (unpaired) electrons. The van der Waals surface area contributed by atoms with Gasteiger partial charge in [-0.15, -0.1) is 0 Å². The fourth-order valence-electron chi connectivity index (χ4n) is 3.57. The first-order chi connectivity index (χ1) is 11.7. The highest BCUT2D eigenvalue weighted by Gasteiger charge is 2.34. The van der Waals surface area contributed by atoms with E-state index in [4.69, 9.17) is 0 Å². The molecule has 0 spiro atoms. The number of hydrogen-bond acceptors (Lipinski definition) is 5. The number of benzene rings is 1. The van der Waals surface area contributed by atoms with Crippen LogP contribution in [0.3, 0.4) is 0 Å². The molecule has 2 aromatic rings. The molecule has 6 heteroatoms. The van der Waals surface area contributed by atoms with Gasteiger partial charge in [0.2, 0.25) is 0 Å². The third kappa shape index (κ3) is 2.94. The van der Waals surface area contributed by atoms with Gasteiger partial charge in [0.15, 0.2) is 0 Å². The number of aryl methyl sites for hydroxylation is 1. The summed E-state index contributed by atoms with van der Waals surface area (Å²) < 4.78 is 13.0. The number of nitrogens with zero attached hydrogens (tertiary/aromatic N) is 5. The molecular weight excluding hydrogens is 305 g/mol. The monoisotopic (exact) mass is 327 g/mol. The molecule has 24 heavy (non-hydrogen) atoms. The summed E-state index contributed by atoms with van der Waals surface area (Å²) >= 11 is 0. The average molecular weight is 327 g/mol. The van der Waals surface area contributed by atoms with E-state index in [-0.39, 0.29) is 5.82 Å². The smallest absolute Gasteiger partial charge is 0.150 e. The molecule has 0 amide bonds. The molecule has 0 unspecified atom stereocenters. The predicted octanol–water partition coefficient (Wildman–Crippen LogP) is 1.93. The average Bonchev–Trinajstić information content (AvgIpc) is 2.57. The number of anilines is 2. The molecule has 1 aromatic heterocycles. The first-order valence-corrected chi connectivity index (χ1v) is 8.48. The molecule has 2 aliphatic heterocycles. The van der Waals surface area contributed by atoms with E-state index in [1.807, 2.05) is 19.1 Å². The third-order valence-electron chi connectivity index (χ3n) is 5.04. The largest absolute Gasteiger partial charge is 0.369 e. The molecule has 0 saturated carbocycles. The lowest BCUT2D eigenvalue weighted by molar-refractivity contribution is 0.156. The van der Waals surface area contributed by atoms with Gasteiger partial charge in [0, 0.05) is 63.4 Å². The van der Waals surface area contributed by atoms with Crippen molar-refractivity contribution in [2.24, 2.45) is 0 Å². The number of piperazine rings is 1. The molecule has 126 valence electrons. The Bertz CT molecular complexity index is 691. The summed E-state index contributed by atoms with van der Waals surface area (Å²) in [7, 11) is 0. The van der Waals surface area contributed by atoms with Gasteiger partial charge in [0.1, 0.15) is 11.6 Å². The van der Waals surface area contributed by atoms with Crippen molar-refractivity contribution in [1.82, 2.24) is 14.9 Å². The summed E-state index contributed by atoms with van der Waals surface area (Å²) in [6, 6.07) is 7.41. The number of rotatable bonds is 3. The van der Waals surface area contributed by atoms with E-state index in [0.29, 0.717) is 6.04 Å². The predicted molar refractivity (Wildman–Crippen MR) is 93.0 cm³/mol. The highest BCUT2D eigenvalue weighted by atomic mass is 19.1. The van der Waals surface area contributed by atoms with E-state index in [9.17, 15) is 4.39 Å². The molecule has 0 N–H and O–H groups in total. The van der Waals surface area contributed by atoms with Gasteiger partial charge in [-0.25, -0.2) is 9.37 Å². The second-order valence-electron chi connectivity index (χ2n) is 6.52. The van der Waals surface area contributed by atoms with Crippen LogP contribution in [0.1, 0.15) is 5.69 Å². The fraction of sp³-hybridized carbons (Fsp3) is 0.444. The van der Waals surface area contributed by atoms with Gasteiger partial charge >= 0.3 is 0 Å². The lowest BCUT2D eigenvalue weighted by atomic mass is 10.1. The van der Waals surface area contributed by atoms with Crippen molar-refractivity contribution < 1.29 is 4.39 Å². The summed E-state index contributed by atoms with van der Waals surface area (Å²) in [4.78, 5) is 16.0. The molecule has 0 bridgehead atoms. The first kappa shape index (κ1) is 15.3. The molecule has 4 rings (SSSR count). The fourth-order valence-corrected chi connectivity index (χ4v) is 3.57. The number of hydrogen-bond donors (Lipinski definition) is 0. The second-order valence-corrected chi connectivity index (χ2v) is 6.52. The van der Waals surface area contributed by atoms with Crippen molar-refractivity contribution in [3.05, 3.63) is 48.2 Å². The van der Waals surface area contributed by atoms with E-state index in [1.54, 1.807) is 12.4 Å². The standard InChI is InChI=1S/C18H22FN5/c1-14-18(21-7-6-20-14)24-12-17(13-24)23-10-8-22(9-11-23)16-4-2-15(19)3-5-16/h2-7,17H,8-13H2,1H3. The quantitative estimate of drug-likeness (QED) is 0.861. The topological polar surface area (TPSA) is 35.5 Å². The molecule has 5 nitrogen and oxygen atoms in total. The van der Waals surface area contributed by atoms with Crippen molar-refractivity contribution in [3.63, 3.8) is 0 Å². The Morgan fingerprint density at radius 2 is 1.58 bits per heavy atom. The molecule has 2 aliphatic rings. The van der Waals surface area contributed by atoms with Gasteiger partial charge in [-0.3, -0.25) is 9.88 Å². The van der Waals surface area contributed by atoms with Crippen LogP contribution in [0.25, 0.3) is 0 Å². The Morgan fingerprint density at radius 1 is 0.917 bits per heavy atom. The molecule has 3 heterocycles. The van der Waals surface area contributed by atoms with Crippen molar-refractivity contribution in [2.75, 3.05) is 49.1 Å². The highest BCUT2D eigenvalue weighted by Crippen LogP contribution is 2.25. The van der Waals surface area contributed by atoms with Crippen LogP contribution in [0, 0.1) is 12.7 Å². The van der Waals surface area contributed by atoms with Gasteiger partial charge in [-0.1, -0.05) is 0 Å². The van der Waals surface area contributed by atoms with Gasteiger partial charge in [0.05, 0.1) is 5.69 Å². The Balaban J connectivity index is 1.30. The Morgan fingerprint density at radius 3 is 2.25 bits per heavy atom. The van der Waals surface area contributed by atoms with Gasteiger partial charge in [-0.2, -0.15) is 0 Å². The number of aromatic nitrogens is 2. The Hall–Kier alpha value is -2.21. The van der Waals surface area contributed by atoms with Gasteiger partial charge in [0.25, 0.3) is 0 Å². The lowest BCUT2D eigenvalue weighted by Crippen LogP contribution is -2.63. The van der Waals surface area contributed by atoms with Crippen LogP contribution in [0.5, 0.6) is 0 Å². The minimum Gasteiger partial charge on any atom is -0.369 e. The summed E-state index contributed by atoms with van der Waals surface area (Å²) in [5.74, 6) is 0.838. The summed E-state index contributed by atoms with van der Waals surface area (Å²) in [6.07, 6.45) is 3.50. The molecule has 0 aliphatic carbocycles. The van der Waals surface area contributed by atoms with Crippen molar-refractivity contribution >= 4 is 11.5 Å². The molecule has 2 saturated heterocycles. The van der Waals surface area contributed by atoms with Crippen molar-refractivity contribution in [3.8, 4) is 0 Å². The maximum Gasteiger partial charge on any atom is 0.150 e. The van der Waals surface area contributed by atoms with E-state index >= 15 is 0 Å². The SMILES string of the molecule is Cc1nccnc1N1CC(N2CCN(c3ccc(F)cc3)CC2)C1. The minimum absolute atomic E-state index is 0.175. The summed E-state index contributed by atoms with van der Waals surface area (Å²) in [5.41, 5.74) is 2.11. The highest BCUT2D eigenvalue weighted by molar-refractivity contribution is 5.47. The first-order valence-electron chi connectivity index (χ1n) is 8.48. The zero-order valence-electron chi connectivity index (χ0n) is 13.9. The van der Waals surface area contributed by atoms with Gasteiger partial charge < -0.3 is 9.80 Å². The van der Waals surface area contributed by atoms with Crippen molar-refractivity contribution in [2.45, 2.75) is 13.0 Å². The number of halogens is 1. The van der Waals surface area contributed by atoms with Crippen molar-refractivity contribution in [1.29, 1.82) is 0 Å². The van der Waals surface area contributed by atoms with Crippen LogP contribution in [0.15, 0.2) is 36.7 Å². The van der Waals surface area contributed by atoms with E-state index in [0.717, 1.165) is 56.5 Å². The Kier molecular flexibility index (Phi) is 4.06. The molecule has 0 atom stereocenters. The maximum atomic E-state index is 13.0. The lowest BCUT2D eigenvalue weighted by Gasteiger charge is -2.49. The molecule has 1 aromatic carbocycles. The second kappa shape index (κ2) is 6.36. The van der Waals surface area contributed by atoms with Crippen LogP contribution in [0.4, 0.5) is 15.9 Å². The van der Waals surface area contributed by atoms with Crippen LogP contribution in [-0.2, 0) is 0 Å². The van der Waals surface area contributed by atoms with Gasteiger partial charge in [-0.05, 0) is 31.2 Å². The Labute approximate surface area is 141 Å². The third-order valence-corrected chi connectivity index (χ3v) is 5.04. The van der Waals surface area contributed by atoms with Crippen LogP contribution in [-0.4, -0.2) is 60.2 Å². The summed E-state index contributed by atoms with van der Waals surface area (Å²) in [6.45, 7) is 8.15. The molecular formula is C18H22FN5. The minimum atomic E-state index is -0.175. The van der Waals surface area contributed by atoms with Crippen LogP contribution < -0.4 is 9.80 Å². The van der Waals surface area contributed by atoms with E-state index < -0.39 is 0 Å². The summed E-state index contributed by atoms with van der Waals surface area (Å²) in [5, 5.41) is 0. The van der Waals surface area contributed by atoms with Crippen LogP contribution in [0.2, 0.25) is 0 Å². The zero-order valence-corrected chi connectivity index (χ0v) is 13.9. The zero-order chi connectivity index (χ0) is 16.5. The molecule has 2 fully saturated rings.